The van der Waals surface area contributed by atoms with Gasteiger partial charge in [-0.1, -0.05) is 17.8 Å². The number of anilines is 1. The van der Waals surface area contributed by atoms with E-state index in [1.54, 1.807) is 6.07 Å². The molecule has 0 radical (unpaired) electrons. The van der Waals surface area contributed by atoms with Crippen LogP contribution in [0.15, 0.2) is 46.5 Å². The monoisotopic (exact) mass is 228 g/mol. The minimum absolute atomic E-state index is 0.516. The lowest BCUT2D eigenvalue weighted by molar-refractivity contribution is 0.920. The van der Waals surface area contributed by atoms with Crippen LogP contribution in [0.3, 0.4) is 0 Å². The Kier molecular flexibility index (Phi) is 3.03. The summed E-state index contributed by atoms with van der Waals surface area (Å²) in [6, 6.07) is 11.1. The molecule has 0 atom stereocenters. The van der Waals surface area contributed by atoms with E-state index in [0.29, 0.717) is 16.3 Å². The first-order chi connectivity index (χ1) is 7.79. The van der Waals surface area contributed by atoms with Crippen LogP contribution < -0.4 is 5.73 Å². The molecule has 0 saturated carbocycles. The highest BCUT2D eigenvalue weighted by Crippen LogP contribution is 2.28. The number of aromatic nitrogens is 2. The van der Waals surface area contributed by atoms with Crippen molar-refractivity contribution in [2.75, 3.05) is 5.73 Å². The van der Waals surface area contributed by atoms with E-state index in [1.165, 1.54) is 18.0 Å². The van der Waals surface area contributed by atoms with Crippen molar-refractivity contribution in [3.63, 3.8) is 0 Å². The summed E-state index contributed by atoms with van der Waals surface area (Å²) in [6.45, 7) is 0. The fourth-order valence-corrected chi connectivity index (χ4v) is 2.05. The van der Waals surface area contributed by atoms with Crippen LogP contribution in [0.2, 0.25) is 0 Å². The summed E-state index contributed by atoms with van der Waals surface area (Å²) in [6.07, 6.45) is 1.50. The molecule has 2 rings (SSSR count). The molecule has 78 valence electrons. The van der Waals surface area contributed by atoms with Gasteiger partial charge < -0.3 is 5.73 Å². The molecule has 1 aromatic carbocycles. The summed E-state index contributed by atoms with van der Waals surface area (Å²) in [5.74, 6) is 0. The quantitative estimate of drug-likeness (QED) is 0.796. The molecule has 0 aliphatic rings. The lowest BCUT2D eigenvalue weighted by atomic mass is 10.3. The van der Waals surface area contributed by atoms with Gasteiger partial charge >= 0.3 is 0 Å². The van der Waals surface area contributed by atoms with Crippen molar-refractivity contribution < 1.29 is 0 Å². The number of hydrogen-bond acceptors (Lipinski definition) is 5. The Morgan fingerprint density at radius 3 is 2.94 bits per heavy atom. The van der Waals surface area contributed by atoms with E-state index in [9.17, 15) is 0 Å². The Hall–Kier alpha value is -2.06. The second kappa shape index (κ2) is 4.64. The largest absolute Gasteiger partial charge is 0.399 e. The summed E-state index contributed by atoms with van der Waals surface area (Å²) < 4.78 is 0. The van der Waals surface area contributed by atoms with Crippen molar-refractivity contribution in [2.24, 2.45) is 0 Å². The van der Waals surface area contributed by atoms with Crippen LogP contribution in [-0.2, 0) is 0 Å². The van der Waals surface area contributed by atoms with Gasteiger partial charge in [-0.15, -0.1) is 5.10 Å². The maximum Gasteiger partial charge on any atom is 0.141 e. The lowest BCUT2D eigenvalue weighted by Crippen LogP contribution is -1.89. The second-order valence-electron chi connectivity index (χ2n) is 3.04. The smallest absolute Gasteiger partial charge is 0.141 e. The molecule has 0 aliphatic heterocycles. The van der Waals surface area contributed by atoms with Crippen LogP contribution in [0.5, 0.6) is 0 Å². The van der Waals surface area contributed by atoms with Crippen molar-refractivity contribution in [3.8, 4) is 6.07 Å². The first-order valence-electron chi connectivity index (χ1n) is 4.55. The Bertz CT molecular complexity index is 548. The molecule has 4 nitrogen and oxygen atoms in total. The van der Waals surface area contributed by atoms with E-state index in [1.807, 2.05) is 24.3 Å². The number of nitriles is 1. The lowest BCUT2D eigenvalue weighted by Gasteiger charge is -2.02. The fourth-order valence-electron chi connectivity index (χ4n) is 1.17. The van der Waals surface area contributed by atoms with Gasteiger partial charge in [0.25, 0.3) is 0 Å². The minimum atomic E-state index is 0.516. The standard InChI is InChI=1S/C11H8N4S/c12-7-8-4-5-14-15-11(8)16-10-3-1-2-9(13)6-10/h1-6H,13H2. The SMILES string of the molecule is N#Cc1ccnnc1Sc1cccc(N)c1. The van der Waals surface area contributed by atoms with Gasteiger partial charge in [-0.2, -0.15) is 10.4 Å². The molecule has 1 aromatic heterocycles. The molecule has 0 spiro atoms. The van der Waals surface area contributed by atoms with E-state index in [0.717, 1.165) is 4.90 Å². The zero-order valence-electron chi connectivity index (χ0n) is 8.29. The molecule has 1 heterocycles. The molecule has 5 heteroatoms. The fraction of sp³-hybridized carbons (Fsp3) is 0. The number of nitrogen functional groups attached to an aromatic ring is 1. The number of benzene rings is 1. The summed E-state index contributed by atoms with van der Waals surface area (Å²) in [7, 11) is 0. The normalized spacial score (nSPS) is 9.69. The van der Waals surface area contributed by atoms with Crippen LogP contribution >= 0.6 is 11.8 Å². The van der Waals surface area contributed by atoms with E-state index in [4.69, 9.17) is 11.0 Å². The van der Waals surface area contributed by atoms with Crippen molar-refractivity contribution >= 4 is 17.4 Å². The zero-order valence-corrected chi connectivity index (χ0v) is 9.11. The molecule has 2 N–H and O–H groups in total. The van der Waals surface area contributed by atoms with Crippen molar-refractivity contribution in [1.29, 1.82) is 5.26 Å². The maximum atomic E-state index is 8.90. The Morgan fingerprint density at radius 2 is 2.19 bits per heavy atom. The van der Waals surface area contributed by atoms with Gasteiger partial charge in [-0.05, 0) is 24.3 Å². The molecule has 2 aromatic rings. The highest BCUT2D eigenvalue weighted by molar-refractivity contribution is 7.99. The summed E-state index contributed by atoms with van der Waals surface area (Å²) in [5.41, 5.74) is 6.87. The van der Waals surface area contributed by atoms with Gasteiger partial charge in [0.05, 0.1) is 11.8 Å². The molecule has 0 unspecified atom stereocenters. The molecular formula is C11H8N4S. The van der Waals surface area contributed by atoms with Crippen LogP contribution in [0.1, 0.15) is 5.56 Å². The van der Waals surface area contributed by atoms with Gasteiger partial charge in [-0.3, -0.25) is 0 Å². The highest BCUT2D eigenvalue weighted by Gasteiger charge is 2.05. The van der Waals surface area contributed by atoms with E-state index >= 15 is 0 Å². The summed E-state index contributed by atoms with van der Waals surface area (Å²) >= 11 is 1.38. The molecule has 0 saturated heterocycles. The van der Waals surface area contributed by atoms with Crippen LogP contribution in [0, 0.1) is 11.3 Å². The minimum Gasteiger partial charge on any atom is -0.399 e. The third kappa shape index (κ3) is 2.30. The number of hydrogen-bond donors (Lipinski definition) is 1. The van der Waals surface area contributed by atoms with Gasteiger partial charge in [0.1, 0.15) is 11.1 Å². The molecule has 0 bridgehead atoms. The average molecular weight is 228 g/mol. The molecule has 0 fully saturated rings. The van der Waals surface area contributed by atoms with Crippen molar-refractivity contribution in [3.05, 3.63) is 42.1 Å². The van der Waals surface area contributed by atoms with Crippen LogP contribution in [0.4, 0.5) is 5.69 Å². The van der Waals surface area contributed by atoms with Gasteiger partial charge in [-0.25, -0.2) is 0 Å². The third-order valence-electron chi connectivity index (χ3n) is 1.88. The predicted molar refractivity (Wildman–Crippen MR) is 61.7 cm³/mol. The Morgan fingerprint density at radius 1 is 1.31 bits per heavy atom. The van der Waals surface area contributed by atoms with E-state index < -0.39 is 0 Å². The molecule has 16 heavy (non-hydrogen) atoms. The number of nitrogens with two attached hydrogens (primary N) is 1. The van der Waals surface area contributed by atoms with Crippen molar-refractivity contribution in [2.45, 2.75) is 9.92 Å². The third-order valence-corrected chi connectivity index (χ3v) is 2.86. The van der Waals surface area contributed by atoms with Crippen LogP contribution in [0.25, 0.3) is 0 Å². The van der Waals surface area contributed by atoms with Gasteiger partial charge in [0.2, 0.25) is 0 Å². The maximum absolute atomic E-state index is 8.90. The zero-order chi connectivity index (χ0) is 11.4. The predicted octanol–water partition coefficient (Wildman–Crippen LogP) is 2.08. The highest BCUT2D eigenvalue weighted by atomic mass is 32.2. The Labute approximate surface area is 97.1 Å². The van der Waals surface area contributed by atoms with E-state index in [-0.39, 0.29) is 0 Å². The number of nitrogens with zero attached hydrogens (tertiary/aromatic N) is 3. The van der Waals surface area contributed by atoms with Crippen LogP contribution in [-0.4, -0.2) is 10.2 Å². The van der Waals surface area contributed by atoms with Gasteiger partial charge in [0.15, 0.2) is 0 Å². The van der Waals surface area contributed by atoms with E-state index in [2.05, 4.69) is 16.3 Å². The van der Waals surface area contributed by atoms with Gasteiger partial charge in [0, 0.05) is 10.6 Å². The topological polar surface area (TPSA) is 75.6 Å². The van der Waals surface area contributed by atoms with Crippen molar-refractivity contribution in [1.82, 2.24) is 10.2 Å². The second-order valence-corrected chi connectivity index (χ2v) is 4.10. The average Bonchev–Trinajstić information content (AvgIpc) is 2.30. The first-order valence-corrected chi connectivity index (χ1v) is 5.36. The Balaban J connectivity index is 2.31. The summed E-state index contributed by atoms with van der Waals surface area (Å²) in [5, 5.41) is 17.2. The molecular weight excluding hydrogens is 220 g/mol. The molecule has 0 amide bonds. The first kappa shape index (κ1) is 10.5. The number of rotatable bonds is 2. The molecule has 0 aliphatic carbocycles. The summed E-state index contributed by atoms with van der Waals surface area (Å²) in [4.78, 5) is 0.942.